The number of methoxy groups -OCH3 is 1. The number of hydrogen-bond donors (Lipinski definition) is 2. The van der Waals surface area contributed by atoms with Gasteiger partial charge in [0.25, 0.3) is 0 Å². The number of benzene rings is 1. The number of piperidine rings is 1. The second kappa shape index (κ2) is 11.1. The van der Waals surface area contributed by atoms with E-state index >= 15 is 0 Å². The zero-order chi connectivity index (χ0) is 23.9. The minimum absolute atomic E-state index is 0.0344. The van der Waals surface area contributed by atoms with Gasteiger partial charge in [-0.25, -0.2) is 4.79 Å². The molecule has 8 nitrogen and oxygen atoms in total. The van der Waals surface area contributed by atoms with Crippen molar-refractivity contribution in [2.45, 2.75) is 51.2 Å². The normalized spacial score (nSPS) is 14.7. The van der Waals surface area contributed by atoms with E-state index < -0.39 is 34.9 Å². The van der Waals surface area contributed by atoms with E-state index in [1.165, 1.54) is 0 Å². The van der Waals surface area contributed by atoms with Gasteiger partial charge in [-0.3, -0.25) is 9.59 Å². The number of aromatic hydroxyl groups is 1. The van der Waals surface area contributed by atoms with Crippen LogP contribution in [0.25, 0.3) is 0 Å². The Kier molecular flexibility index (Phi) is 8.73. The van der Waals surface area contributed by atoms with Crippen LogP contribution in [0.1, 0.15) is 54.9 Å². The number of halogens is 3. The number of carbonyl (C=O) groups is 3. The molecule has 0 spiro atoms. The second-order valence-electron chi connectivity index (χ2n) is 7.37. The highest BCUT2D eigenvalue weighted by atomic mass is 19.4. The number of amides is 2. The predicted octanol–water partition coefficient (Wildman–Crippen LogP) is 3.51. The summed E-state index contributed by atoms with van der Waals surface area (Å²) < 4.78 is 49.5. The third-order valence-electron chi connectivity index (χ3n) is 5.12. The molecule has 1 fully saturated rings. The molecule has 1 heterocycles. The van der Waals surface area contributed by atoms with Crippen molar-refractivity contribution in [3.05, 3.63) is 23.3 Å². The fourth-order valence-electron chi connectivity index (χ4n) is 3.46. The number of phenols is 1. The monoisotopic (exact) mass is 460 g/mol. The van der Waals surface area contributed by atoms with Gasteiger partial charge in [-0.15, -0.1) is 0 Å². The van der Waals surface area contributed by atoms with E-state index in [0.29, 0.717) is 32.0 Å². The maximum Gasteiger partial charge on any atom is 0.417 e. The fourth-order valence-corrected chi connectivity index (χ4v) is 3.46. The Morgan fingerprint density at radius 3 is 2.41 bits per heavy atom. The molecule has 1 aliphatic heterocycles. The Labute approximate surface area is 183 Å². The molecular formula is C21H27F3N2O6. The predicted molar refractivity (Wildman–Crippen MR) is 108 cm³/mol. The Morgan fingerprint density at radius 1 is 1.19 bits per heavy atom. The standard InChI is InChI=1S/C21H27F3N2O6/c1-3-32-20(30)26-9-7-13(8-10-26)25-19(29)6-4-5-16(27)14-11-17(28)18(31-2)12-15(14)21(22,23)24/h11-13,28H,3-10H2,1-2H3,(H,25,29). The SMILES string of the molecule is CCOC(=O)N1CCC(NC(=O)CCCC(=O)c2cc(O)c(OC)cc2C(F)(F)F)CC1. The molecule has 0 bridgehead atoms. The molecule has 0 saturated carbocycles. The summed E-state index contributed by atoms with van der Waals surface area (Å²) in [4.78, 5) is 37.7. The average Bonchev–Trinajstić information content (AvgIpc) is 2.73. The number of nitrogens with one attached hydrogen (secondary N) is 1. The summed E-state index contributed by atoms with van der Waals surface area (Å²) in [6.45, 7) is 2.90. The highest BCUT2D eigenvalue weighted by Crippen LogP contribution is 2.39. The highest BCUT2D eigenvalue weighted by Gasteiger charge is 2.36. The Hall–Kier alpha value is -2.98. The summed E-state index contributed by atoms with van der Waals surface area (Å²) in [7, 11) is 1.11. The summed E-state index contributed by atoms with van der Waals surface area (Å²) in [5, 5.41) is 12.6. The van der Waals surface area contributed by atoms with Gasteiger partial charge in [-0.2, -0.15) is 13.2 Å². The van der Waals surface area contributed by atoms with Crippen LogP contribution in [0.15, 0.2) is 12.1 Å². The van der Waals surface area contributed by atoms with E-state index in [1.807, 2.05) is 0 Å². The third kappa shape index (κ3) is 6.76. The molecule has 0 unspecified atom stereocenters. The number of carbonyl (C=O) groups excluding carboxylic acids is 3. The topological polar surface area (TPSA) is 105 Å². The van der Waals surface area contributed by atoms with Crippen LogP contribution in [0, 0.1) is 0 Å². The number of rotatable bonds is 8. The van der Waals surface area contributed by atoms with Gasteiger partial charge in [0.2, 0.25) is 5.91 Å². The summed E-state index contributed by atoms with van der Waals surface area (Å²) in [6.07, 6.45) is -4.35. The van der Waals surface area contributed by atoms with Gasteiger partial charge in [0.05, 0.1) is 19.3 Å². The van der Waals surface area contributed by atoms with Crippen LogP contribution in [0.5, 0.6) is 11.5 Å². The van der Waals surface area contributed by atoms with Gasteiger partial charge >= 0.3 is 12.3 Å². The van der Waals surface area contributed by atoms with Crippen LogP contribution in [0.2, 0.25) is 0 Å². The molecular weight excluding hydrogens is 433 g/mol. The van der Waals surface area contributed by atoms with E-state index in [1.54, 1.807) is 11.8 Å². The summed E-state index contributed by atoms with van der Waals surface area (Å²) >= 11 is 0. The number of alkyl halides is 3. The van der Waals surface area contributed by atoms with Crippen molar-refractivity contribution in [1.82, 2.24) is 10.2 Å². The maximum absolute atomic E-state index is 13.3. The summed E-state index contributed by atoms with van der Waals surface area (Å²) in [5.74, 6) is -2.11. The first-order chi connectivity index (χ1) is 15.1. The third-order valence-corrected chi connectivity index (χ3v) is 5.12. The minimum atomic E-state index is -4.80. The summed E-state index contributed by atoms with van der Waals surface area (Å²) in [6, 6.07) is 1.19. The maximum atomic E-state index is 13.3. The lowest BCUT2D eigenvalue weighted by Gasteiger charge is -2.31. The first-order valence-electron chi connectivity index (χ1n) is 10.3. The zero-order valence-corrected chi connectivity index (χ0v) is 18.0. The van der Waals surface area contributed by atoms with Crippen molar-refractivity contribution >= 4 is 17.8 Å². The van der Waals surface area contributed by atoms with Gasteiger partial charge in [0.15, 0.2) is 17.3 Å². The molecule has 178 valence electrons. The zero-order valence-electron chi connectivity index (χ0n) is 18.0. The number of Topliss-reactive ketones (excluding diaryl/α,β-unsaturated/α-hetero) is 1. The van der Waals surface area contributed by atoms with Crippen molar-refractivity contribution in [3.8, 4) is 11.5 Å². The number of ether oxygens (including phenoxy) is 2. The average molecular weight is 460 g/mol. The van der Waals surface area contributed by atoms with Gasteiger partial charge in [0, 0.05) is 37.5 Å². The van der Waals surface area contributed by atoms with Crippen LogP contribution in [-0.4, -0.2) is 60.6 Å². The van der Waals surface area contributed by atoms with Gasteiger partial charge < -0.3 is 24.8 Å². The van der Waals surface area contributed by atoms with E-state index in [4.69, 9.17) is 4.74 Å². The van der Waals surface area contributed by atoms with E-state index in [9.17, 15) is 32.7 Å². The number of ketones is 1. The molecule has 2 amide bonds. The Morgan fingerprint density at radius 2 is 1.84 bits per heavy atom. The lowest BCUT2D eigenvalue weighted by molar-refractivity contribution is -0.138. The van der Waals surface area contributed by atoms with Gasteiger partial charge in [-0.05, 0) is 38.3 Å². The molecule has 32 heavy (non-hydrogen) atoms. The molecule has 0 radical (unpaired) electrons. The van der Waals surface area contributed by atoms with Crippen LogP contribution in [0.3, 0.4) is 0 Å². The summed E-state index contributed by atoms with van der Waals surface area (Å²) in [5.41, 5.74) is -1.86. The van der Waals surface area contributed by atoms with Gasteiger partial charge in [-0.1, -0.05) is 0 Å². The molecule has 0 atom stereocenters. The van der Waals surface area contributed by atoms with Crippen LogP contribution < -0.4 is 10.1 Å². The van der Waals surface area contributed by atoms with E-state index in [-0.39, 0.29) is 43.6 Å². The van der Waals surface area contributed by atoms with Crippen molar-refractivity contribution in [2.75, 3.05) is 26.8 Å². The lowest BCUT2D eigenvalue weighted by atomic mass is 9.98. The number of nitrogens with zero attached hydrogens (tertiary/aromatic N) is 1. The van der Waals surface area contributed by atoms with Gasteiger partial charge in [0.1, 0.15) is 0 Å². The van der Waals surface area contributed by atoms with E-state index in [2.05, 4.69) is 10.1 Å². The Bertz CT molecular complexity index is 836. The molecule has 1 saturated heterocycles. The highest BCUT2D eigenvalue weighted by molar-refractivity contribution is 5.98. The molecule has 0 aromatic heterocycles. The largest absolute Gasteiger partial charge is 0.504 e. The quantitative estimate of drug-likeness (QED) is 0.576. The van der Waals surface area contributed by atoms with Crippen molar-refractivity contribution in [3.63, 3.8) is 0 Å². The van der Waals surface area contributed by atoms with Crippen molar-refractivity contribution < 1.29 is 42.1 Å². The number of hydrogen-bond acceptors (Lipinski definition) is 6. The fraction of sp³-hybridized carbons (Fsp3) is 0.571. The second-order valence-corrected chi connectivity index (χ2v) is 7.37. The molecule has 1 aromatic carbocycles. The lowest BCUT2D eigenvalue weighted by Crippen LogP contribution is -2.46. The minimum Gasteiger partial charge on any atom is -0.504 e. The molecule has 2 N–H and O–H groups in total. The van der Waals surface area contributed by atoms with Crippen LogP contribution >= 0.6 is 0 Å². The molecule has 1 aromatic rings. The van der Waals surface area contributed by atoms with E-state index in [0.717, 1.165) is 13.2 Å². The van der Waals surface area contributed by atoms with Crippen LogP contribution in [-0.2, 0) is 15.7 Å². The first kappa shape index (κ1) is 25.3. The van der Waals surface area contributed by atoms with Crippen molar-refractivity contribution in [2.24, 2.45) is 0 Å². The van der Waals surface area contributed by atoms with Crippen molar-refractivity contribution in [1.29, 1.82) is 0 Å². The Balaban J connectivity index is 1.85. The number of likely N-dealkylation sites (tertiary alicyclic amines) is 1. The van der Waals surface area contributed by atoms with Crippen LogP contribution in [0.4, 0.5) is 18.0 Å². The molecule has 11 heteroatoms. The molecule has 2 rings (SSSR count). The number of phenolic OH excluding ortho intramolecular Hbond substituents is 1. The first-order valence-corrected chi connectivity index (χ1v) is 10.3. The smallest absolute Gasteiger partial charge is 0.417 e. The molecule has 1 aliphatic rings. The molecule has 0 aliphatic carbocycles.